The van der Waals surface area contributed by atoms with Gasteiger partial charge in [0.15, 0.2) is 0 Å². The number of hydrogen-bond donors (Lipinski definition) is 0. The predicted molar refractivity (Wildman–Crippen MR) is 251 cm³/mol. The summed E-state index contributed by atoms with van der Waals surface area (Å²) in [7, 11) is 0. The zero-order chi connectivity index (χ0) is 36.0. The van der Waals surface area contributed by atoms with Crippen molar-refractivity contribution in [3.63, 3.8) is 0 Å². The van der Waals surface area contributed by atoms with E-state index in [0.717, 1.165) is 43.6 Å². The van der Waals surface area contributed by atoms with Crippen molar-refractivity contribution < 1.29 is 0 Å². The summed E-state index contributed by atoms with van der Waals surface area (Å²) >= 11 is -1.08. The van der Waals surface area contributed by atoms with Gasteiger partial charge in [-0.25, -0.2) is 0 Å². The molecule has 0 bridgehead atoms. The first-order valence-corrected chi connectivity index (χ1v) is 23.7. The van der Waals surface area contributed by atoms with Crippen molar-refractivity contribution >= 4 is 110 Å². The van der Waals surface area contributed by atoms with Crippen molar-refractivity contribution in [1.29, 1.82) is 5.26 Å². The second-order valence-electron chi connectivity index (χ2n) is 12.7. The number of hydrogen-bond acceptors (Lipinski definition) is 5. The van der Waals surface area contributed by atoms with Gasteiger partial charge >= 0.3 is 0 Å². The lowest BCUT2D eigenvalue weighted by Gasteiger charge is -2.16. The first-order valence-electron chi connectivity index (χ1n) is 17.2. The Morgan fingerprint density at radius 1 is 0.389 bits per heavy atom. The van der Waals surface area contributed by atoms with Crippen molar-refractivity contribution in [2.24, 2.45) is 0 Å². The zero-order valence-electron chi connectivity index (χ0n) is 28.4. The molecule has 0 spiro atoms. The second-order valence-corrected chi connectivity index (χ2v) is 27.0. The highest BCUT2D eigenvalue weighted by atomic mass is 127. The van der Waals surface area contributed by atoms with Crippen LogP contribution >= 0.6 is 62.2 Å². The Hall–Kier alpha value is -4.97. The van der Waals surface area contributed by atoms with Crippen LogP contribution in [0.25, 0.3) is 65.9 Å². The van der Waals surface area contributed by atoms with E-state index in [9.17, 15) is 5.26 Å². The van der Waals surface area contributed by atoms with Crippen LogP contribution < -0.4 is 0 Å². The molecule has 0 saturated heterocycles. The molecule has 256 valence electrons. The Morgan fingerprint density at radius 3 is 1.35 bits per heavy atom. The highest BCUT2D eigenvalue weighted by Gasteiger charge is 2.17. The molecular weight excluding hydrogens is 1000 g/mol. The molecule has 0 saturated carbocycles. The third kappa shape index (κ3) is 6.18. The number of rotatable bonds is 5. The van der Waals surface area contributed by atoms with Gasteiger partial charge in [0.2, 0.25) is 0 Å². The van der Waals surface area contributed by atoms with Crippen molar-refractivity contribution in [3.05, 3.63) is 181 Å². The van der Waals surface area contributed by atoms with Gasteiger partial charge in [0.25, 0.3) is 0 Å². The van der Waals surface area contributed by atoms with Crippen LogP contribution in [0.4, 0.5) is 0 Å². The number of benzene rings is 5. The molecule has 0 N–H and O–H groups in total. The molecule has 8 heteroatoms. The molecule has 0 fully saturated rings. The highest BCUT2D eigenvalue weighted by molar-refractivity contribution is 14.3. The number of fused-ring (bicyclic) bond motifs is 6. The van der Waals surface area contributed by atoms with Gasteiger partial charge in [0.05, 0.1) is 33.7 Å². The number of nitrogens with zero attached hydrogens (tertiary/aromatic N) is 5. The molecule has 4 aromatic heterocycles. The monoisotopic (exact) mass is 1030 g/mol. The average Bonchev–Trinajstić information content (AvgIpc) is 3.25. The third-order valence-electron chi connectivity index (χ3n) is 9.48. The van der Waals surface area contributed by atoms with Crippen LogP contribution in [0.15, 0.2) is 158 Å². The van der Waals surface area contributed by atoms with Crippen LogP contribution in [-0.4, -0.2) is 24.5 Å². The topological polar surface area (TPSA) is 75.3 Å². The smallest absolute Gasteiger partial charge is 0.0991 e. The minimum Gasteiger partial charge on any atom is -0.254 e. The Balaban J connectivity index is 1.10. The van der Waals surface area contributed by atoms with E-state index in [1.165, 1.54) is 38.9 Å². The number of aromatic nitrogens is 4. The fourth-order valence-corrected chi connectivity index (χ4v) is 30.5. The molecule has 9 aromatic rings. The summed E-state index contributed by atoms with van der Waals surface area (Å²) in [5.41, 5.74) is 13.2. The van der Waals surface area contributed by atoms with Gasteiger partial charge in [-0.05, 0) is 87.5 Å². The Bertz CT molecular complexity index is 2960. The van der Waals surface area contributed by atoms with Gasteiger partial charge in [-0.3, -0.25) is 19.9 Å². The van der Waals surface area contributed by atoms with Crippen LogP contribution in [0.2, 0.25) is 0 Å². The summed E-state index contributed by atoms with van der Waals surface area (Å²) < 4.78 is 4.85. The average molecular weight is 1030 g/mol. The lowest BCUT2D eigenvalue weighted by molar-refractivity contribution is 1.37. The maximum Gasteiger partial charge on any atom is 0.0991 e. The van der Waals surface area contributed by atoms with E-state index < -0.39 is 0 Å². The van der Waals surface area contributed by atoms with Crippen LogP contribution in [0.1, 0.15) is 22.3 Å². The maximum absolute atomic E-state index is 9.53. The van der Waals surface area contributed by atoms with Gasteiger partial charge < -0.3 is 0 Å². The molecule has 0 radical (unpaired) electrons. The lowest BCUT2D eigenvalue weighted by Crippen LogP contribution is -2.02. The van der Waals surface area contributed by atoms with Gasteiger partial charge in [-0.1, -0.05) is 147 Å². The maximum atomic E-state index is 9.53. The molecule has 1 aliphatic rings. The summed E-state index contributed by atoms with van der Waals surface area (Å²) in [4.78, 5) is 18.9. The summed E-state index contributed by atoms with van der Waals surface area (Å²) in [6.45, 7) is 0. The van der Waals surface area contributed by atoms with Crippen LogP contribution in [-0.2, 0) is 0 Å². The quantitative estimate of drug-likeness (QED) is 0.127. The van der Waals surface area contributed by atoms with Crippen LogP contribution in [0.5, 0.6) is 0 Å². The molecule has 10 rings (SSSR count). The molecule has 1 aliphatic heterocycles. The van der Waals surface area contributed by atoms with Crippen LogP contribution in [0.3, 0.4) is 0 Å². The Labute approximate surface area is 341 Å². The van der Waals surface area contributed by atoms with Crippen molar-refractivity contribution in [3.8, 4) is 28.3 Å². The predicted octanol–water partition coefficient (Wildman–Crippen LogP) is 11.8. The molecular formula is C46H26I3N5. The molecule has 5 aromatic carbocycles. The molecule has 0 amide bonds. The number of pyridine rings is 4. The van der Waals surface area contributed by atoms with E-state index in [1.807, 2.05) is 49.1 Å². The van der Waals surface area contributed by atoms with Gasteiger partial charge in [0, 0.05) is 50.9 Å². The minimum absolute atomic E-state index is 0.354. The molecule has 5 nitrogen and oxygen atoms in total. The van der Waals surface area contributed by atoms with Gasteiger partial charge in [-0.2, -0.15) is 5.26 Å². The third-order valence-corrected chi connectivity index (χ3v) is 24.3. The van der Waals surface area contributed by atoms with E-state index in [2.05, 4.69) is 125 Å². The van der Waals surface area contributed by atoms with Crippen molar-refractivity contribution in [2.45, 2.75) is 0 Å². The Morgan fingerprint density at radius 2 is 0.852 bits per heavy atom. The Kier molecular flexibility index (Phi) is 8.93. The highest BCUT2D eigenvalue weighted by Crippen LogP contribution is 2.41. The van der Waals surface area contributed by atoms with E-state index in [1.54, 1.807) is 4.55 Å². The fraction of sp³-hybridized carbons (Fsp3) is 0. The van der Waals surface area contributed by atoms with Gasteiger partial charge in [-0.15, -0.1) is 0 Å². The molecule has 54 heavy (non-hydrogen) atoms. The first-order chi connectivity index (χ1) is 26.7. The molecule has 0 unspecified atom stereocenters. The van der Waals surface area contributed by atoms with Gasteiger partial charge in [0.1, 0.15) is 0 Å². The lowest BCUT2D eigenvalue weighted by atomic mass is 9.99. The largest absolute Gasteiger partial charge is 0.254 e. The second kappa shape index (κ2) is 14.4. The van der Waals surface area contributed by atoms with E-state index in [0.29, 0.717) is 5.56 Å². The van der Waals surface area contributed by atoms with E-state index >= 15 is 0 Å². The summed E-state index contributed by atoms with van der Waals surface area (Å²) in [6.07, 6.45) is 7.52. The number of halogens is 3. The molecule has 5 heterocycles. The summed E-state index contributed by atoms with van der Waals surface area (Å²) in [5, 5.41) is 14.0. The fourth-order valence-electron chi connectivity index (χ4n) is 6.89. The first kappa shape index (κ1) is 33.6. The molecule has 0 atom stereocenters. The normalized spacial score (nSPS) is 13.2. The summed E-state index contributed by atoms with van der Waals surface area (Å²) in [6, 6.07) is 50.0. The summed E-state index contributed by atoms with van der Waals surface area (Å²) in [5.74, 6) is 0. The van der Waals surface area contributed by atoms with E-state index in [-0.39, 0.29) is 62.2 Å². The van der Waals surface area contributed by atoms with Crippen LogP contribution in [0, 0.1) is 11.3 Å². The van der Waals surface area contributed by atoms with E-state index in [4.69, 9.17) is 9.97 Å². The zero-order valence-corrected chi connectivity index (χ0v) is 34.9. The standard InChI is InChI=1S/C46H26I3N5/c50-27-28-11-13-31(14-12-28)44-47-45(34-7-1-5-32(25-34)36-19-23-53-42-38(36)17-15-29-9-3-21-51-40(29)42)49-46(48-44)35-8-2-6-33(26-35)37-20-24-54-43-39(37)18-16-30-10-4-22-52-41(30)43/h1-26H. The van der Waals surface area contributed by atoms with Crippen molar-refractivity contribution in [2.75, 3.05) is 0 Å². The SMILES string of the molecule is N#Cc1ccc(C2=IC(c3cccc(-c4ccnc5c4ccc4cccnc45)c3)=IC(c3cccc(-c4ccnc5c4ccc4cccnc45)c3)=I2)cc1. The molecule has 0 aliphatic carbocycles. The number of nitriles is 1. The van der Waals surface area contributed by atoms with Crippen molar-refractivity contribution in [1.82, 2.24) is 19.9 Å². The minimum atomic E-state index is -0.374.